The van der Waals surface area contributed by atoms with Crippen LogP contribution in [-0.4, -0.2) is 13.2 Å². The van der Waals surface area contributed by atoms with Gasteiger partial charge in [0.25, 0.3) is 0 Å². The average Bonchev–Trinajstić information content (AvgIpc) is 3.24. The van der Waals surface area contributed by atoms with Crippen LogP contribution in [0.25, 0.3) is 0 Å². The van der Waals surface area contributed by atoms with E-state index in [9.17, 15) is 0 Å². The molecule has 4 atom stereocenters. The Balaban J connectivity index is 1.91. The Bertz CT molecular complexity index is 645. The van der Waals surface area contributed by atoms with Gasteiger partial charge in [-0.3, -0.25) is 0 Å². The third-order valence-electron chi connectivity index (χ3n) is 6.85. The first-order valence-corrected chi connectivity index (χ1v) is 9.17. The van der Waals surface area contributed by atoms with Gasteiger partial charge in [0.15, 0.2) is 0 Å². The molecular formula is C21H30O2. The van der Waals surface area contributed by atoms with Crippen LogP contribution >= 0.6 is 0 Å². The van der Waals surface area contributed by atoms with Crippen molar-refractivity contribution in [3.8, 4) is 5.75 Å². The van der Waals surface area contributed by atoms with E-state index in [4.69, 9.17) is 9.47 Å². The minimum Gasteiger partial charge on any atom is -0.496 e. The Kier molecular flexibility index (Phi) is 3.20. The quantitative estimate of drug-likeness (QED) is 0.686. The Labute approximate surface area is 140 Å². The van der Waals surface area contributed by atoms with Crippen LogP contribution in [0.4, 0.5) is 0 Å². The topological polar surface area (TPSA) is 21.8 Å². The highest BCUT2D eigenvalue weighted by Crippen LogP contribution is 2.66. The summed E-state index contributed by atoms with van der Waals surface area (Å²) in [4.78, 5) is 0. The van der Waals surface area contributed by atoms with Crippen LogP contribution in [0, 0.1) is 11.3 Å². The summed E-state index contributed by atoms with van der Waals surface area (Å²) in [6.45, 7) is 11.8. The molecule has 2 nitrogen and oxygen atoms in total. The molecule has 2 aliphatic carbocycles. The lowest BCUT2D eigenvalue weighted by molar-refractivity contribution is 0.0309. The maximum Gasteiger partial charge on any atom is 0.122 e. The van der Waals surface area contributed by atoms with Gasteiger partial charge in [0.1, 0.15) is 11.9 Å². The van der Waals surface area contributed by atoms with Crippen molar-refractivity contribution in [1.29, 1.82) is 0 Å². The van der Waals surface area contributed by atoms with E-state index < -0.39 is 0 Å². The highest BCUT2D eigenvalue weighted by Gasteiger charge is 2.64. The zero-order valence-electron chi connectivity index (χ0n) is 15.4. The van der Waals surface area contributed by atoms with Crippen molar-refractivity contribution >= 4 is 0 Å². The molecule has 4 rings (SSSR count). The van der Waals surface area contributed by atoms with Gasteiger partial charge in [-0.1, -0.05) is 41.0 Å². The zero-order chi connectivity index (χ0) is 16.6. The summed E-state index contributed by atoms with van der Waals surface area (Å²) in [5.74, 6) is 2.15. The summed E-state index contributed by atoms with van der Waals surface area (Å²) in [5, 5.41) is 0. The highest BCUT2D eigenvalue weighted by molar-refractivity contribution is 5.52. The fourth-order valence-corrected chi connectivity index (χ4v) is 5.79. The third kappa shape index (κ3) is 2.03. The van der Waals surface area contributed by atoms with Crippen molar-refractivity contribution in [2.24, 2.45) is 11.3 Å². The van der Waals surface area contributed by atoms with Crippen molar-refractivity contribution in [1.82, 2.24) is 0 Å². The summed E-state index contributed by atoms with van der Waals surface area (Å²) in [6.07, 6.45) is 4.65. The molecule has 0 unspecified atom stereocenters. The van der Waals surface area contributed by atoms with E-state index >= 15 is 0 Å². The van der Waals surface area contributed by atoms with Crippen LogP contribution in [-0.2, 0) is 10.2 Å². The van der Waals surface area contributed by atoms with Gasteiger partial charge in [-0.05, 0) is 58.4 Å². The predicted molar refractivity (Wildman–Crippen MR) is 93.2 cm³/mol. The number of epoxide rings is 1. The van der Waals surface area contributed by atoms with Gasteiger partial charge in [-0.25, -0.2) is 0 Å². The Hall–Kier alpha value is -1.02. The third-order valence-corrected chi connectivity index (χ3v) is 6.85. The molecule has 1 aliphatic heterocycles. The molecule has 23 heavy (non-hydrogen) atoms. The molecule has 1 heterocycles. The smallest absolute Gasteiger partial charge is 0.122 e. The highest BCUT2D eigenvalue weighted by atomic mass is 16.6. The number of methoxy groups -OCH3 is 1. The maximum absolute atomic E-state index is 6.24. The second kappa shape index (κ2) is 4.75. The molecule has 0 aromatic heterocycles. The van der Waals surface area contributed by atoms with Gasteiger partial charge in [0.2, 0.25) is 0 Å². The largest absolute Gasteiger partial charge is 0.496 e. The minimum absolute atomic E-state index is 0.220. The van der Waals surface area contributed by atoms with E-state index in [0.29, 0.717) is 29.5 Å². The molecule has 126 valence electrons. The van der Waals surface area contributed by atoms with Crippen LogP contribution in [0.15, 0.2) is 12.1 Å². The molecule has 0 spiro atoms. The molecule has 2 fully saturated rings. The van der Waals surface area contributed by atoms with Crippen molar-refractivity contribution < 1.29 is 9.47 Å². The van der Waals surface area contributed by atoms with E-state index in [1.54, 1.807) is 7.11 Å². The molecule has 1 saturated heterocycles. The van der Waals surface area contributed by atoms with E-state index in [0.717, 1.165) is 5.75 Å². The van der Waals surface area contributed by atoms with Crippen molar-refractivity contribution in [2.75, 3.05) is 7.11 Å². The fourth-order valence-electron chi connectivity index (χ4n) is 5.79. The lowest BCUT2D eigenvalue weighted by Gasteiger charge is -2.53. The first kappa shape index (κ1) is 15.5. The molecule has 1 aromatic rings. The Morgan fingerprint density at radius 3 is 2.57 bits per heavy atom. The number of ether oxygens (including phenoxy) is 2. The molecular weight excluding hydrogens is 284 g/mol. The van der Waals surface area contributed by atoms with Crippen LogP contribution < -0.4 is 4.74 Å². The number of hydrogen-bond donors (Lipinski definition) is 0. The second-order valence-corrected chi connectivity index (χ2v) is 9.09. The summed E-state index contributed by atoms with van der Waals surface area (Å²) >= 11 is 0. The van der Waals surface area contributed by atoms with E-state index in [1.165, 1.54) is 36.0 Å². The maximum atomic E-state index is 6.24. The van der Waals surface area contributed by atoms with Crippen LogP contribution in [0.5, 0.6) is 5.75 Å². The summed E-state index contributed by atoms with van der Waals surface area (Å²) in [5.41, 5.74) is 4.83. The Morgan fingerprint density at radius 2 is 1.91 bits per heavy atom. The number of rotatable bonds is 2. The monoisotopic (exact) mass is 314 g/mol. The first-order valence-electron chi connectivity index (χ1n) is 9.17. The molecule has 0 bridgehead atoms. The summed E-state index contributed by atoms with van der Waals surface area (Å²) in [7, 11) is 1.80. The average molecular weight is 314 g/mol. The SMILES string of the molecule is COc1cc2c(cc1C(C)C)[C@@H]1O[C@@H]1[C@H]1C(C)(C)CCC[C@]21C. The molecule has 2 heteroatoms. The van der Waals surface area contributed by atoms with Crippen LogP contribution in [0.3, 0.4) is 0 Å². The van der Waals surface area contributed by atoms with Gasteiger partial charge in [0, 0.05) is 5.92 Å². The van der Waals surface area contributed by atoms with E-state index in [1.807, 2.05) is 0 Å². The normalized spacial score (nSPS) is 36.9. The summed E-state index contributed by atoms with van der Waals surface area (Å²) < 4.78 is 12.0. The van der Waals surface area contributed by atoms with Gasteiger partial charge < -0.3 is 9.47 Å². The van der Waals surface area contributed by atoms with Gasteiger partial charge in [-0.15, -0.1) is 0 Å². The fraction of sp³-hybridized carbons (Fsp3) is 0.714. The Morgan fingerprint density at radius 1 is 1.17 bits per heavy atom. The number of benzene rings is 1. The molecule has 0 radical (unpaired) electrons. The lowest BCUT2D eigenvalue weighted by atomic mass is 9.50. The van der Waals surface area contributed by atoms with Gasteiger partial charge >= 0.3 is 0 Å². The number of hydrogen-bond acceptors (Lipinski definition) is 2. The predicted octanol–water partition coefficient (Wildman–Crippen LogP) is 5.36. The summed E-state index contributed by atoms with van der Waals surface area (Å²) in [6, 6.07) is 4.73. The first-order chi connectivity index (χ1) is 10.8. The minimum atomic E-state index is 0.220. The van der Waals surface area contributed by atoms with Crippen molar-refractivity contribution in [2.45, 2.75) is 77.4 Å². The van der Waals surface area contributed by atoms with Gasteiger partial charge in [0.05, 0.1) is 13.2 Å². The van der Waals surface area contributed by atoms with Crippen molar-refractivity contribution in [3.05, 3.63) is 28.8 Å². The van der Waals surface area contributed by atoms with Gasteiger partial charge in [-0.2, -0.15) is 0 Å². The van der Waals surface area contributed by atoms with Crippen LogP contribution in [0.1, 0.15) is 82.6 Å². The molecule has 1 aromatic carbocycles. The van der Waals surface area contributed by atoms with E-state index in [2.05, 4.69) is 46.8 Å². The molecule has 1 saturated carbocycles. The number of fused-ring (bicyclic) bond motifs is 6. The van der Waals surface area contributed by atoms with E-state index in [-0.39, 0.29) is 5.41 Å². The standard InChI is InChI=1S/C21H30O2/c1-12(2)13-10-14-15(11-16(13)22-6)21(5)9-7-8-20(3,4)19(21)18-17(14)23-18/h10-12,17-19H,7-9H2,1-6H3/t17-,18-,19-,21+/m0/s1. The van der Waals surface area contributed by atoms with Crippen molar-refractivity contribution in [3.63, 3.8) is 0 Å². The molecule has 3 aliphatic rings. The second-order valence-electron chi connectivity index (χ2n) is 9.09. The molecule has 0 amide bonds. The molecule has 0 N–H and O–H groups in total. The zero-order valence-corrected chi connectivity index (χ0v) is 15.4. The lowest BCUT2D eigenvalue weighted by Crippen LogP contribution is -2.50. The van der Waals surface area contributed by atoms with Crippen LogP contribution in [0.2, 0.25) is 0 Å².